The molecule has 2 rings (SSSR count). The van der Waals surface area contributed by atoms with E-state index in [0.717, 1.165) is 35.1 Å². The molecule has 0 radical (unpaired) electrons. The summed E-state index contributed by atoms with van der Waals surface area (Å²) in [5.41, 5.74) is 2.36. The van der Waals surface area contributed by atoms with E-state index in [9.17, 15) is 5.11 Å². The van der Waals surface area contributed by atoms with Gasteiger partial charge in [0.05, 0.1) is 17.2 Å². The Balaban J connectivity index is 2.12. The van der Waals surface area contributed by atoms with E-state index in [1.165, 1.54) is 5.56 Å². The Kier molecular flexibility index (Phi) is 4.74. The van der Waals surface area contributed by atoms with Gasteiger partial charge < -0.3 is 10.0 Å². The lowest BCUT2D eigenvalue weighted by Crippen LogP contribution is -2.15. The molecule has 1 N–H and O–H groups in total. The predicted octanol–water partition coefficient (Wildman–Crippen LogP) is 3.29. The van der Waals surface area contributed by atoms with Crippen LogP contribution in [0.3, 0.4) is 0 Å². The summed E-state index contributed by atoms with van der Waals surface area (Å²) in [7, 11) is 2.05. The number of thiazole rings is 1. The Morgan fingerprint density at radius 2 is 2.28 bits per heavy atom. The fourth-order valence-electron chi connectivity index (χ4n) is 1.81. The highest BCUT2D eigenvalue weighted by Crippen LogP contribution is 2.27. The molecular weight excluding hydrogens is 264 g/mol. The molecule has 0 amide bonds. The number of rotatable bonds is 6. The van der Waals surface area contributed by atoms with Crippen molar-refractivity contribution in [3.8, 4) is 0 Å². The molecule has 98 valence electrons. The highest BCUT2D eigenvalue weighted by molar-refractivity contribution is 7.15. The first-order chi connectivity index (χ1) is 8.74. The molecule has 0 aliphatic rings. The third-order valence-corrected chi connectivity index (χ3v) is 4.65. The largest absolute Gasteiger partial charge is 0.391 e. The van der Waals surface area contributed by atoms with Gasteiger partial charge in [-0.25, -0.2) is 4.98 Å². The minimum absolute atomic E-state index is 0.0965. The van der Waals surface area contributed by atoms with E-state index in [-0.39, 0.29) is 6.61 Å². The van der Waals surface area contributed by atoms with E-state index in [2.05, 4.69) is 33.6 Å². The average Bonchev–Trinajstić information content (AvgIpc) is 2.98. The van der Waals surface area contributed by atoms with Crippen molar-refractivity contribution in [3.63, 3.8) is 0 Å². The van der Waals surface area contributed by atoms with Crippen LogP contribution in [0.2, 0.25) is 0 Å². The number of anilines is 1. The van der Waals surface area contributed by atoms with Crippen LogP contribution in [-0.2, 0) is 19.6 Å². The average molecular weight is 282 g/mol. The maximum atomic E-state index is 9.35. The van der Waals surface area contributed by atoms with Gasteiger partial charge in [0, 0.05) is 13.6 Å². The Morgan fingerprint density at radius 3 is 2.89 bits per heavy atom. The second-order valence-corrected chi connectivity index (χ2v) is 6.10. The first kappa shape index (κ1) is 13.5. The Hall–Kier alpha value is -0.910. The molecule has 0 saturated carbocycles. The van der Waals surface area contributed by atoms with Gasteiger partial charge in [-0.1, -0.05) is 24.7 Å². The lowest BCUT2D eigenvalue weighted by molar-refractivity contribution is 0.284. The second kappa shape index (κ2) is 6.31. The molecule has 3 nitrogen and oxygen atoms in total. The van der Waals surface area contributed by atoms with Crippen LogP contribution in [0, 0.1) is 0 Å². The maximum absolute atomic E-state index is 9.35. The molecule has 0 aromatic carbocycles. The molecule has 2 aromatic rings. The Bertz CT molecular complexity index is 479. The van der Waals surface area contributed by atoms with Crippen LogP contribution >= 0.6 is 22.7 Å². The van der Waals surface area contributed by atoms with Crippen molar-refractivity contribution in [2.24, 2.45) is 0 Å². The summed E-state index contributed by atoms with van der Waals surface area (Å²) in [5.74, 6) is 0. The van der Waals surface area contributed by atoms with E-state index < -0.39 is 0 Å². The monoisotopic (exact) mass is 282 g/mol. The van der Waals surface area contributed by atoms with Crippen LogP contribution in [0.25, 0.3) is 0 Å². The smallest absolute Gasteiger partial charge is 0.185 e. The van der Waals surface area contributed by atoms with Gasteiger partial charge in [0.15, 0.2) is 5.13 Å². The van der Waals surface area contributed by atoms with Gasteiger partial charge in [0.2, 0.25) is 0 Å². The van der Waals surface area contributed by atoms with Gasteiger partial charge in [-0.2, -0.15) is 11.3 Å². The van der Waals surface area contributed by atoms with Crippen LogP contribution in [0.1, 0.15) is 29.5 Å². The summed E-state index contributed by atoms with van der Waals surface area (Å²) >= 11 is 3.31. The second-order valence-electron chi connectivity index (χ2n) is 4.26. The number of hydrogen-bond donors (Lipinski definition) is 1. The molecule has 18 heavy (non-hydrogen) atoms. The molecule has 0 aliphatic heterocycles. The third-order valence-electron chi connectivity index (χ3n) is 2.72. The standard InChI is InChI=1S/C13H18N2OS2/c1-3-4-11-12(8-16)18-13(14-11)15(2)7-10-5-6-17-9-10/h5-6,9,16H,3-4,7-8H2,1-2H3. The van der Waals surface area contributed by atoms with Crippen LogP contribution in [0.15, 0.2) is 16.8 Å². The first-order valence-electron chi connectivity index (χ1n) is 6.06. The summed E-state index contributed by atoms with van der Waals surface area (Å²) in [6.07, 6.45) is 2.00. The van der Waals surface area contributed by atoms with Crippen LogP contribution < -0.4 is 4.90 Å². The Morgan fingerprint density at radius 1 is 1.44 bits per heavy atom. The van der Waals surface area contributed by atoms with Crippen molar-refractivity contribution in [2.45, 2.75) is 32.9 Å². The number of aromatic nitrogens is 1. The van der Waals surface area contributed by atoms with Crippen molar-refractivity contribution in [2.75, 3.05) is 11.9 Å². The zero-order valence-corrected chi connectivity index (χ0v) is 12.4. The molecule has 0 saturated heterocycles. The van der Waals surface area contributed by atoms with Crippen molar-refractivity contribution in [3.05, 3.63) is 33.0 Å². The fraction of sp³-hybridized carbons (Fsp3) is 0.462. The fourth-order valence-corrected chi connectivity index (χ4v) is 3.40. The SMILES string of the molecule is CCCc1nc(N(C)Cc2ccsc2)sc1CO. The number of aliphatic hydroxyl groups excluding tert-OH is 1. The molecule has 0 spiro atoms. The van der Waals surface area contributed by atoms with Crippen molar-refractivity contribution >= 4 is 27.8 Å². The van der Waals surface area contributed by atoms with Crippen LogP contribution in [-0.4, -0.2) is 17.1 Å². The zero-order valence-electron chi connectivity index (χ0n) is 10.7. The van der Waals surface area contributed by atoms with Gasteiger partial charge in [-0.3, -0.25) is 0 Å². The summed E-state index contributed by atoms with van der Waals surface area (Å²) in [4.78, 5) is 7.79. The number of aliphatic hydroxyl groups is 1. The normalized spacial score (nSPS) is 10.8. The van der Waals surface area contributed by atoms with Gasteiger partial charge in [0.25, 0.3) is 0 Å². The highest BCUT2D eigenvalue weighted by atomic mass is 32.1. The highest BCUT2D eigenvalue weighted by Gasteiger charge is 2.13. The van der Waals surface area contributed by atoms with Crippen LogP contribution in [0.5, 0.6) is 0 Å². The van der Waals surface area contributed by atoms with Gasteiger partial charge >= 0.3 is 0 Å². The van der Waals surface area contributed by atoms with E-state index >= 15 is 0 Å². The topological polar surface area (TPSA) is 36.4 Å². The number of nitrogens with zero attached hydrogens (tertiary/aromatic N) is 2. The van der Waals surface area contributed by atoms with Crippen molar-refractivity contribution in [1.82, 2.24) is 4.98 Å². The van der Waals surface area contributed by atoms with Crippen molar-refractivity contribution in [1.29, 1.82) is 0 Å². The maximum Gasteiger partial charge on any atom is 0.185 e. The van der Waals surface area contributed by atoms with Crippen molar-refractivity contribution < 1.29 is 5.11 Å². The molecule has 0 bridgehead atoms. The van der Waals surface area contributed by atoms with E-state index in [0.29, 0.717) is 0 Å². The predicted molar refractivity (Wildman–Crippen MR) is 78.5 cm³/mol. The van der Waals surface area contributed by atoms with Gasteiger partial charge in [0.1, 0.15) is 0 Å². The zero-order chi connectivity index (χ0) is 13.0. The molecule has 2 aromatic heterocycles. The molecule has 0 aliphatic carbocycles. The van der Waals surface area contributed by atoms with E-state index in [4.69, 9.17) is 0 Å². The summed E-state index contributed by atoms with van der Waals surface area (Å²) in [6, 6.07) is 2.13. The minimum atomic E-state index is 0.0965. The number of thiophene rings is 1. The molecule has 0 atom stereocenters. The summed E-state index contributed by atoms with van der Waals surface area (Å²) < 4.78 is 0. The van der Waals surface area contributed by atoms with E-state index in [1.54, 1.807) is 22.7 Å². The number of hydrogen-bond acceptors (Lipinski definition) is 5. The third kappa shape index (κ3) is 3.10. The van der Waals surface area contributed by atoms with E-state index in [1.807, 2.05) is 7.05 Å². The molecule has 0 fully saturated rings. The summed E-state index contributed by atoms with van der Waals surface area (Å²) in [6.45, 7) is 3.10. The Labute approximate surface area is 116 Å². The lowest BCUT2D eigenvalue weighted by atomic mass is 10.2. The minimum Gasteiger partial charge on any atom is -0.391 e. The quantitative estimate of drug-likeness (QED) is 0.883. The van der Waals surface area contributed by atoms with Gasteiger partial charge in [-0.05, 0) is 28.8 Å². The van der Waals surface area contributed by atoms with Crippen LogP contribution in [0.4, 0.5) is 5.13 Å². The number of aryl methyl sites for hydroxylation is 1. The summed E-state index contributed by atoms with van der Waals surface area (Å²) in [5, 5.41) is 14.6. The first-order valence-corrected chi connectivity index (χ1v) is 7.82. The molecule has 0 unspecified atom stereocenters. The molecule has 2 heterocycles. The van der Waals surface area contributed by atoms with Gasteiger partial charge in [-0.15, -0.1) is 0 Å². The molecular formula is C13H18N2OS2. The molecule has 5 heteroatoms. The lowest BCUT2D eigenvalue weighted by Gasteiger charge is -2.14.